The van der Waals surface area contributed by atoms with Crippen molar-refractivity contribution in [2.45, 2.75) is 12.1 Å². The van der Waals surface area contributed by atoms with Crippen molar-refractivity contribution in [3.63, 3.8) is 0 Å². The van der Waals surface area contributed by atoms with Gasteiger partial charge in [-0.1, -0.05) is 30.3 Å². The molecule has 33 heavy (non-hydrogen) atoms. The minimum absolute atomic E-state index is 0.0101. The number of methoxy groups -OCH3 is 2. The van der Waals surface area contributed by atoms with E-state index in [0.717, 1.165) is 28.9 Å². The summed E-state index contributed by atoms with van der Waals surface area (Å²) < 4.78 is 35.8. The number of nitrogens with one attached hydrogen (secondary N) is 2. The van der Waals surface area contributed by atoms with Gasteiger partial charge in [0.25, 0.3) is 0 Å². The second-order valence-electron chi connectivity index (χ2n) is 7.55. The molecule has 0 aromatic heterocycles. The van der Waals surface area contributed by atoms with Crippen LogP contribution in [0, 0.1) is 0 Å². The van der Waals surface area contributed by atoms with Gasteiger partial charge in [0.1, 0.15) is 17.2 Å². The largest absolute Gasteiger partial charge is 0.506 e. The van der Waals surface area contributed by atoms with Crippen LogP contribution in [0.3, 0.4) is 0 Å². The number of rotatable bonds is 10. The molecule has 0 radical (unpaired) electrons. The Kier molecular flexibility index (Phi) is 7.80. The number of benzene rings is 3. The number of hydrogen-bond acceptors (Lipinski definition) is 7. The Morgan fingerprint density at radius 1 is 0.848 bits per heavy atom. The molecule has 0 saturated carbocycles. The summed E-state index contributed by atoms with van der Waals surface area (Å²) in [5.74, 6) is 1.25. The van der Waals surface area contributed by atoms with Gasteiger partial charge >= 0.3 is 0 Å². The first-order valence-corrected chi connectivity index (χ1v) is 12.1. The van der Waals surface area contributed by atoms with Gasteiger partial charge in [0.15, 0.2) is 0 Å². The van der Waals surface area contributed by atoms with Gasteiger partial charge < -0.3 is 25.0 Å². The Morgan fingerprint density at radius 3 is 1.79 bits per heavy atom. The summed E-state index contributed by atoms with van der Waals surface area (Å²) >= 11 is 0. The number of anilines is 1. The van der Waals surface area contributed by atoms with Crippen LogP contribution in [-0.4, -0.2) is 45.7 Å². The first-order chi connectivity index (χ1) is 15.7. The van der Waals surface area contributed by atoms with Gasteiger partial charge in [0.05, 0.1) is 38.3 Å². The number of aliphatic hydroxyl groups excluding tert-OH is 1. The van der Waals surface area contributed by atoms with Gasteiger partial charge in [-0.05, 0) is 53.1 Å². The molecule has 3 aromatic rings. The lowest BCUT2D eigenvalue weighted by atomic mass is 9.97. The zero-order valence-electron chi connectivity index (χ0n) is 18.6. The molecule has 0 spiro atoms. The van der Waals surface area contributed by atoms with Gasteiger partial charge in [0, 0.05) is 6.54 Å². The van der Waals surface area contributed by atoms with Crippen molar-refractivity contribution in [2.75, 3.05) is 31.7 Å². The fourth-order valence-corrected chi connectivity index (χ4v) is 3.97. The van der Waals surface area contributed by atoms with E-state index in [2.05, 4.69) is 10.0 Å². The lowest BCUT2D eigenvalue weighted by molar-refractivity contribution is 0.172. The summed E-state index contributed by atoms with van der Waals surface area (Å²) in [7, 11) is -0.367. The van der Waals surface area contributed by atoms with Crippen molar-refractivity contribution in [1.29, 1.82) is 0 Å². The summed E-state index contributed by atoms with van der Waals surface area (Å²) in [6.07, 6.45) is 0.0375. The number of phenolic OH excluding ortho intramolecular Hbond substituents is 1. The van der Waals surface area contributed by atoms with Gasteiger partial charge in [-0.2, -0.15) is 0 Å². The van der Waals surface area contributed by atoms with E-state index in [4.69, 9.17) is 9.47 Å². The Labute approximate surface area is 193 Å². The van der Waals surface area contributed by atoms with E-state index in [1.807, 2.05) is 48.5 Å². The molecule has 9 heteroatoms. The summed E-state index contributed by atoms with van der Waals surface area (Å²) in [6, 6.07) is 19.3. The van der Waals surface area contributed by atoms with E-state index in [0.29, 0.717) is 5.56 Å². The van der Waals surface area contributed by atoms with Crippen molar-refractivity contribution < 1.29 is 28.1 Å². The predicted octanol–water partition coefficient (Wildman–Crippen LogP) is 3.19. The quantitative estimate of drug-likeness (QED) is 0.335. The molecule has 0 fully saturated rings. The fourth-order valence-electron chi connectivity index (χ4n) is 3.41. The van der Waals surface area contributed by atoms with Crippen LogP contribution in [0.15, 0.2) is 66.7 Å². The van der Waals surface area contributed by atoms with E-state index in [-0.39, 0.29) is 24.0 Å². The van der Waals surface area contributed by atoms with Crippen LogP contribution in [0.4, 0.5) is 5.69 Å². The molecule has 4 N–H and O–H groups in total. The maximum absolute atomic E-state index is 11.5. The number of aromatic hydroxyl groups is 1. The molecule has 0 heterocycles. The molecule has 1 atom stereocenters. The smallest absolute Gasteiger partial charge is 0.229 e. The van der Waals surface area contributed by atoms with Crippen LogP contribution in [0.5, 0.6) is 17.2 Å². The van der Waals surface area contributed by atoms with E-state index in [1.165, 1.54) is 12.1 Å². The molecule has 0 aliphatic rings. The zero-order valence-corrected chi connectivity index (χ0v) is 19.5. The second-order valence-corrected chi connectivity index (χ2v) is 9.30. The van der Waals surface area contributed by atoms with Crippen LogP contribution >= 0.6 is 0 Å². The van der Waals surface area contributed by atoms with Crippen LogP contribution in [0.25, 0.3) is 0 Å². The van der Waals surface area contributed by atoms with Crippen molar-refractivity contribution in [3.05, 3.63) is 83.4 Å². The average molecular weight is 473 g/mol. The molecule has 3 rings (SSSR count). The SMILES string of the molecule is COc1ccc(C(NCC(O)c2ccc(O)c(NS(C)(=O)=O)c2)c2ccc(OC)cc2)cc1. The summed E-state index contributed by atoms with van der Waals surface area (Å²) in [5, 5.41) is 24.1. The molecular formula is C24H28N2O6S. The van der Waals surface area contributed by atoms with Crippen molar-refractivity contribution in [3.8, 4) is 17.2 Å². The lowest BCUT2D eigenvalue weighted by Gasteiger charge is -2.23. The van der Waals surface area contributed by atoms with Crippen molar-refractivity contribution in [2.24, 2.45) is 0 Å². The predicted molar refractivity (Wildman–Crippen MR) is 127 cm³/mol. The highest BCUT2D eigenvalue weighted by Crippen LogP contribution is 2.29. The summed E-state index contributed by atoms with van der Waals surface area (Å²) in [5.41, 5.74) is 2.40. The molecule has 0 amide bonds. The van der Waals surface area contributed by atoms with Crippen LogP contribution in [0.1, 0.15) is 28.8 Å². The second kappa shape index (κ2) is 10.6. The van der Waals surface area contributed by atoms with Gasteiger partial charge in [-0.15, -0.1) is 0 Å². The average Bonchev–Trinajstić information content (AvgIpc) is 2.80. The Bertz CT molecular complexity index is 1120. The van der Waals surface area contributed by atoms with Crippen LogP contribution in [-0.2, 0) is 10.0 Å². The molecule has 0 bridgehead atoms. The number of aliphatic hydroxyl groups is 1. The summed E-state index contributed by atoms with van der Waals surface area (Å²) in [4.78, 5) is 0. The molecule has 176 valence electrons. The minimum Gasteiger partial charge on any atom is -0.506 e. The third-order valence-corrected chi connectivity index (χ3v) is 5.71. The highest BCUT2D eigenvalue weighted by Gasteiger charge is 2.18. The van der Waals surface area contributed by atoms with E-state index < -0.39 is 16.1 Å². The maximum atomic E-state index is 11.5. The molecule has 8 nitrogen and oxygen atoms in total. The number of phenols is 1. The number of sulfonamides is 1. The van der Waals surface area contributed by atoms with E-state index >= 15 is 0 Å². The molecule has 0 saturated heterocycles. The third kappa shape index (κ3) is 6.61. The van der Waals surface area contributed by atoms with E-state index in [1.54, 1.807) is 20.3 Å². The highest BCUT2D eigenvalue weighted by atomic mass is 32.2. The number of ether oxygens (including phenoxy) is 2. The minimum atomic E-state index is -3.58. The standard InChI is InChI=1S/C24H28N2O6S/c1-31-19-9-4-16(5-10-19)24(17-6-11-20(32-2)12-7-17)25-15-23(28)18-8-13-22(27)21(14-18)26-33(3,29)30/h4-14,23-28H,15H2,1-3H3. The molecule has 0 aliphatic carbocycles. The van der Waals surface area contributed by atoms with Gasteiger partial charge in [-0.25, -0.2) is 8.42 Å². The topological polar surface area (TPSA) is 117 Å². The maximum Gasteiger partial charge on any atom is 0.229 e. The molecular weight excluding hydrogens is 444 g/mol. The Hall–Kier alpha value is -3.27. The van der Waals surface area contributed by atoms with Crippen LogP contribution in [0.2, 0.25) is 0 Å². The number of hydrogen-bond donors (Lipinski definition) is 4. The first kappa shape index (κ1) is 24.4. The Balaban J connectivity index is 1.83. The van der Waals surface area contributed by atoms with E-state index in [9.17, 15) is 18.6 Å². The third-order valence-electron chi connectivity index (χ3n) is 5.11. The molecule has 0 aliphatic heterocycles. The van der Waals surface area contributed by atoms with Crippen LogP contribution < -0.4 is 19.5 Å². The normalized spacial score (nSPS) is 12.4. The Morgan fingerprint density at radius 2 is 1.33 bits per heavy atom. The first-order valence-electron chi connectivity index (χ1n) is 10.2. The summed E-state index contributed by atoms with van der Waals surface area (Å²) in [6.45, 7) is 0.172. The highest BCUT2D eigenvalue weighted by molar-refractivity contribution is 7.92. The zero-order chi connectivity index (χ0) is 24.0. The van der Waals surface area contributed by atoms with Gasteiger partial charge in [-0.3, -0.25) is 4.72 Å². The monoisotopic (exact) mass is 472 g/mol. The molecule has 1 unspecified atom stereocenters. The fraction of sp³-hybridized carbons (Fsp3) is 0.250. The van der Waals surface area contributed by atoms with Crippen molar-refractivity contribution >= 4 is 15.7 Å². The molecule has 3 aromatic carbocycles. The van der Waals surface area contributed by atoms with Crippen molar-refractivity contribution in [1.82, 2.24) is 5.32 Å². The van der Waals surface area contributed by atoms with Gasteiger partial charge in [0.2, 0.25) is 10.0 Å². The lowest BCUT2D eigenvalue weighted by Crippen LogP contribution is -2.27.